The Hall–Kier alpha value is -1.79. The number of nitrogens with zero attached hydrogens (tertiary/aromatic N) is 3. The third-order valence-electron chi connectivity index (χ3n) is 4.64. The highest BCUT2D eigenvalue weighted by molar-refractivity contribution is 7.97. The molecule has 3 rings (SSSR count). The van der Waals surface area contributed by atoms with Gasteiger partial charge >= 0.3 is 6.09 Å². The van der Waals surface area contributed by atoms with Crippen LogP contribution in [0.2, 0.25) is 0 Å². The number of ether oxygens (including phenoxy) is 1. The molecule has 0 bridgehead atoms. The van der Waals surface area contributed by atoms with E-state index in [0.717, 1.165) is 18.4 Å². The van der Waals surface area contributed by atoms with Crippen LogP contribution >= 0.6 is 11.9 Å². The number of rotatable bonds is 2. The van der Waals surface area contributed by atoms with E-state index in [1.54, 1.807) is 11.9 Å². The molecule has 0 radical (unpaired) electrons. The molecule has 1 aliphatic rings. The minimum atomic E-state index is -0.466. The van der Waals surface area contributed by atoms with E-state index < -0.39 is 5.60 Å². The number of carbonyl (C=O) groups excluding carboxylic acids is 1. The zero-order valence-electron chi connectivity index (χ0n) is 16.8. The van der Waals surface area contributed by atoms with Gasteiger partial charge in [0.05, 0.1) is 0 Å². The van der Waals surface area contributed by atoms with Gasteiger partial charge in [0.25, 0.3) is 0 Å². The minimum absolute atomic E-state index is 0.216. The SMILES string of the molecule is C[C@@H]1CCN(C(=O)OC(C)(C)C)C[C@H](C)N1Sc1ccc2cnccc2c1. The Morgan fingerprint density at radius 3 is 2.70 bits per heavy atom. The number of hydrogen-bond acceptors (Lipinski definition) is 5. The molecule has 27 heavy (non-hydrogen) atoms. The molecular weight excluding hydrogens is 358 g/mol. The van der Waals surface area contributed by atoms with Gasteiger partial charge in [0, 0.05) is 47.8 Å². The van der Waals surface area contributed by atoms with Crippen LogP contribution in [0.25, 0.3) is 10.8 Å². The first-order valence-corrected chi connectivity index (χ1v) is 10.3. The zero-order chi connectivity index (χ0) is 19.6. The Morgan fingerprint density at radius 2 is 1.96 bits per heavy atom. The summed E-state index contributed by atoms with van der Waals surface area (Å²) >= 11 is 1.77. The van der Waals surface area contributed by atoms with Crippen molar-refractivity contribution in [1.29, 1.82) is 0 Å². The Labute approximate surface area is 166 Å². The molecule has 2 aromatic rings. The van der Waals surface area contributed by atoms with Gasteiger partial charge in [0.15, 0.2) is 0 Å². The molecule has 6 heteroatoms. The molecule has 0 saturated carbocycles. The van der Waals surface area contributed by atoms with Gasteiger partial charge in [0.1, 0.15) is 5.60 Å². The van der Waals surface area contributed by atoms with Crippen molar-refractivity contribution in [3.8, 4) is 0 Å². The topological polar surface area (TPSA) is 45.7 Å². The van der Waals surface area contributed by atoms with Crippen LogP contribution in [0.5, 0.6) is 0 Å². The summed E-state index contributed by atoms with van der Waals surface area (Å²) in [5.74, 6) is 0. The quantitative estimate of drug-likeness (QED) is 0.682. The number of aromatic nitrogens is 1. The predicted molar refractivity (Wildman–Crippen MR) is 111 cm³/mol. The summed E-state index contributed by atoms with van der Waals surface area (Å²) in [5.41, 5.74) is -0.466. The number of amides is 1. The number of benzene rings is 1. The normalized spacial score (nSPS) is 21.9. The summed E-state index contributed by atoms with van der Waals surface area (Å²) in [4.78, 5) is 19.7. The molecule has 0 N–H and O–H groups in total. The highest BCUT2D eigenvalue weighted by Gasteiger charge is 2.31. The van der Waals surface area contributed by atoms with Gasteiger partial charge in [-0.15, -0.1) is 0 Å². The third-order valence-corrected chi connectivity index (χ3v) is 6.04. The van der Waals surface area contributed by atoms with Crippen LogP contribution in [0.1, 0.15) is 41.0 Å². The lowest BCUT2D eigenvalue weighted by atomic mass is 10.2. The molecule has 1 saturated heterocycles. The lowest BCUT2D eigenvalue weighted by molar-refractivity contribution is 0.0245. The second-order valence-electron chi connectivity index (χ2n) is 8.25. The van der Waals surface area contributed by atoms with Crippen LogP contribution in [0.15, 0.2) is 41.6 Å². The number of carbonyl (C=O) groups is 1. The van der Waals surface area contributed by atoms with Crippen LogP contribution < -0.4 is 0 Å². The Morgan fingerprint density at radius 1 is 1.19 bits per heavy atom. The van der Waals surface area contributed by atoms with Crippen molar-refractivity contribution in [2.24, 2.45) is 0 Å². The van der Waals surface area contributed by atoms with E-state index in [1.807, 2.05) is 44.1 Å². The molecule has 1 aliphatic heterocycles. The van der Waals surface area contributed by atoms with Crippen LogP contribution in [0, 0.1) is 0 Å². The summed E-state index contributed by atoms with van der Waals surface area (Å²) in [6, 6.07) is 9.10. The first-order valence-electron chi connectivity index (χ1n) is 9.51. The maximum Gasteiger partial charge on any atom is 0.410 e. The largest absolute Gasteiger partial charge is 0.444 e. The fourth-order valence-corrected chi connectivity index (χ4v) is 4.39. The molecule has 0 aliphatic carbocycles. The van der Waals surface area contributed by atoms with Gasteiger partial charge in [0.2, 0.25) is 0 Å². The molecule has 0 unspecified atom stereocenters. The van der Waals surface area contributed by atoms with Crippen molar-refractivity contribution in [1.82, 2.24) is 14.2 Å². The summed E-state index contributed by atoms with van der Waals surface area (Å²) in [6.07, 6.45) is 4.42. The van der Waals surface area contributed by atoms with Crippen molar-refractivity contribution in [3.05, 3.63) is 36.7 Å². The van der Waals surface area contributed by atoms with E-state index in [4.69, 9.17) is 4.74 Å². The van der Waals surface area contributed by atoms with Crippen molar-refractivity contribution in [2.75, 3.05) is 13.1 Å². The fraction of sp³-hybridized carbons (Fsp3) is 0.524. The van der Waals surface area contributed by atoms with Crippen LogP contribution in [0.3, 0.4) is 0 Å². The number of fused-ring (bicyclic) bond motifs is 1. The average molecular weight is 388 g/mol. The lowest BCUT2D eigenvalue weighted by Crippen LogP contribution is -2.42. The first-order chi connectivity index (χ1) is 12.7. The highest BCUT2D eigenvalue weighted by Crippen LogP contribution is 2.32. The smallest absolute Gasteiger partial charge is 0.410 e. The standard InChI is InChI=1S/C21H29N3O2S/c1-15-9-11-23(20(25)26-21(3,4)5)14-16(2)24(15)27-19-7-6-18-13-22-10-8-17(18)12-19/h6-8,10,12-13,15-16H,9,11,14H2,1-5H3/t15-,16+/m1/s1. The summed E-state index contributed by atoms with van der Waals surface area (Å²) < 4.78 is 7.98. The minimum Gasteiger partial charge on any atom is -0.444 e. The summed E-state index contributed by atoms with van der Waals surface area (Å²) in [5, 5.41) is 2.34. The molecule has 1 fully saturated rings. The van der Waals surface area contributed by atoms with Gasteiger partial charge in [-0.2, -0.15) is 0 Å². The molecule has 1 amide bonds. The van der Waals surface area contributed by atoms with Crippen LogP contribution in [-0.4, -0.2) is 51.1 Å². The van der Waals surface area contributed by atoms with Crippen molar-refractivity contribution in [2.45, 2.75) is 63.6 Å². The second kappa shape index (κ2) is 8.07. The number of pyridine rings is 1. The van der Waals surface area contributed by atoms with Gasteiger partial charge in [-0.1, -0.05) is 6.07 Å². The van der Waals surface area contributed by atoms with E-state index in [-0.39, 0.29) is 12.1 Å². The van der Waals surface area contributed by atoms with E-state index in [1.165, 1.54) is 10.3 Å². The number of hydrogen-bond donors (Lipinski definition) is 0. The van der Waals surface area contributed by atoms with E-state index in [2.05, 4.69) is 41.3 Å². The molecule has 1 aromatic carbocycles. The van der Waals surface area contributed by atoms with Crippen molar-refractivity contribution >= 4 is 28.8 Å². The van der Waals surface area contributed by atoms with E-state index in [0.29, 0.717) is 12.6 Å². The van der Waals surface area contributed by atoms with Gasteiger partial charge in [-0.05, 0) is 76.6 Å². The van der Waals surface area contributed by atoms with E-state index >= 15 is 0 Å². The van der Waals surface area contributed by atoms with E-state index in [9.17, 15) is 4.79 Å². The van der Waals surface area contributed by atoms with Gasteiger partial charge < -0.3 is 9.64 Å². The van der Waals surface area contributed by atoms with Gasteiger partial charge in [-0.25, -0.2) is 9.10 Å². The third kappa shape index (κ3) is 5.14. The molecule has 1 aromatic heterocycles. The Bertz CT molecular complexity index is 805. The summed E-state index contributed by atoms with van der Waals surface area (Å²) in [6.45, 7) is 11.5. The fourth-order valence-electron chi connectivity index (χ4n) is 3.31. The molecule has 5 nitrogen and oxygen atoms in total. The lowest BCUT2D eigenvalue weighted by Gasteiger charge is -2.32. The Balaban J connectivity index is 1.72. The predicted octanol–water partition coefficient (Wildman–Crippen LogP) is 4.96. The maximum atomic E-state index is 12.5. The Kier molecular flexibility index (Phi) is 5.96. The first kappa shape index (κ1) is 20.0. The summed E-state index contributed by atoms with van der Waals surface area (Å²) in [7, 11) is 0. The molecule has 2 atom stereocenters. The maximum absolute atomic E-state index is 12.5. The van der Waals surface area contributed by atoms with Crippen molar-refractivity contribution in [3.63, 3.8) is 0 Å². The second-order valence-corrected chi connectivity index (χ2v) is 9.32. The monoisotopic (exact) mass is 387 g/mol. The van der Waals surface area contributed by atoms with Gasteiger partial charge in [-0.3, -0.25) is 4.98 Å². The molecule has 2 heterocycles. The van der Waals surface area contributed by atoms with Crippen molar-refractivity contribution < 1.29 is 9.53 Å². The van der Waals surface area contributed by atoms with Crippen LogP contribution in [-0.2, 0) is 4.74 Å². The zero-order valence-corrected chi connectivity index (χ0v) is 17.6. The molecule has 0 spiro atoms. The highest BCUT2D eigenvalue weighted by atomic mass is 32.2. The molecule has 146 valence electrons. The van der Waals surface area contributed by atoms with Crippen LogP contribution in [0.4, 0.5) is 4.79 Å². The molecular formula is C21H29N3O2S. The average Bonchev–Trinajstić information content (AvgIpc) is 2.73.